The Balaban J connectivity index is 2.12. The van der Waals surface area contributed by atoms with Gasteiger partial charge >= 0.3 is 12.1 Å². The van der Waals surface area contributed by atoms with Crippen LogP contribution in [0.1, 0.15) is 24.6 Å². The molecular weight excluding hydrogens is 340 g/mol. The first kappa shape index (κ1) is 17.5. The molecule has 1 fully saturated rings. The van der Waals surface area contributed by atoms with Crippen LogP contribution in [0, 0.1) is 6.92 Å². The van der Waals surface area contributed by atoms with Gasteiger partial charge in [0.2, 0.25) is 0 Å². The van der Waals surface area contributed by atoms with Gasteiger partial charge in [-0.15, -0.1) is 11.8 Å². The van der Waals surface area contributed by atoms with Crippen molar-refractivity contribution in [2.24, 2.45) is 0 Å². The fraction of sp³-hybridized carbons (Fsp3) is 0.389. The number of carboxylic acid groups (broad SMARTS) is 1. The number of amides is 1. The predicted octanol–water partition coefficient (Wildman–Crippen LogP) is 3.63. The summed E-state index contributed by atoms with van der Waals surface area (Å²) in [6, 6.07) is 5.76. The minimum absolute atomic E-state index is 0.106. The van der Waals surface area contributed by atoms with Gasteiger partial charge in [-0.2, -0.15) is 0 Å². The van der Waals surface area contributed by atoms with E-state index in [4.69, 9.17) is 14.8 Å². The average molecular weight is 360 g/mol. The number of para-hydroxylation sites is 1. The summed E-state index contributed by atoms with van der Waals surface area (Å²) in [6.07, 6.45) is 0.571. The molecule has 0 bridgehead atoms. The van der Waals surface area contributed by atoms with E-state index in [0.717, 1.165) is 39.2 Å². The van der Waals surface area contributed by atoms with Gasteiger partial charge in [-0.1, -0.05) is 19.1 Å². The molecule has 1 saturated heterocycles. The number of anilines is 1. The fourth-order valence-corrected chi connectivity index (χ4v) is 4.31. The topological polar surface area (TPSA) is 79.7 Å². The monoisotopic (exact) mass is 360 g/mol. The Hall–Kier alpha value is -2.28. The lowest BCUT2D eigenvalue weighted by Gasteiger charge is -2.19. The SMILES string of the molecule is CCc1c(C)nc2c(N3CCOC3=O)cccc2c1SCCC(=O)O. The molecule has 0 radical (unpaired) electrons. The van der Waals surface area contributed by atoms with Crippen LogP contribution in [0.3, 0.4) is 0 Å². The molecule has 1 aromatic heterocycles. The minimum Gasteiger partial charge on any atom is -0.481 e. The van der Waals surface area contributed by atoms with E-state index >= 15 is 0 Å². The van der Waals surface area contributed by atoms with E-state index in [2.05, 4.69) is 6.92 Å². The highest BCUT2D eigenvalue weighted by Gasteiger charge is 2.26. The van der Waals surface area contributed by atoms with Crippen LogP contribution < -0.4 is 4.90 Å². The highest BCUT2D eigenvalue weighted by Crippen LogP contribution is 2.37. The van der Waals surface area contributed by atoms with Crippen LogP contribution in [0.4, 0.5) is 10.5 Å². The van der Waals surface area contributed by atoms with Gasteiger partial charge in [0.25, 0.3) is 0 Å². The fourth-order valence-electron chi connectivity index (χ4n) is 3.05. The first-order valence-electron chi connectivity index (χ1n) is 8.24. The highest BCUT2D eigenvalue weighted by atomic mass is 32.2. The van der Waals surface area contributed by atoms with E-state index in [9.17, 15) is 9.59 Å². The normalized spacial score (nSPS) is 14.2. The molecule has 1 amide bonds. The number of pyridine rings is 1. The van der Waals surface area contributed by atoms with Crippen LogP contribution in [-0.2, 0) is 16.0 Å². The number of nitrogens with zero attached hydrogens (tertiary/aromatic N) is 2. The lowest BCUT2D eigenvalue weighted by atomic mass is 10.1. The van der Waals surface area contributed by atoms with Crippen molar-refractivity contribution in [3.63, 3.8) is 0 Å². The number of fused-ring (bicyclic) bond motifs is 1. The molecule has 0 spiro atoms. The maximum atomic E-state index is 12.0. The molecule has 132 valence electrons. The predicted molar refractivity (Wildman–Crippen MR) is 97.5 cm³/mol. The number of carbonyl (C=O) groups excluding carboxylic acids is 1. The van der Waals surface area contributed by atoms with Gasteiger partial charge in [0.1, 0.15) is 6.61 Å². The van der Waals surface area contributed by atoms with E-state index in [-0.39, 0.29) is 12.5 Å². The molecule has 2 aromatic rings. The summed E-state index contributed by atoms with van der Waals surface area (Å²) < 4.78 is 5.05. The Morgan fingerprint density at radius 3 is 2.88 bits per heavy atom. The Morgan fingerprint density at radius 1 is 1.44 bits per heavy atom. The lowest BCUT2D eigenvalue weighted by Crippen LogP contribution is -2.23. The average Bonchev–Trinajstić information content (AvgIpc) is 3.00. The number of hydrogen-bond acceptors (Lipinski definition) is 5. The number of aliphatic carboxylic acids is 1. The molecule has 1 aliphatic heterocycles. The maximum Gasteiger partial charge on any atom is 0.414 e. The van der Waals surface area contributed by atoms with Crippen molar-refractivity contribution in [3.05, 3.63) is 29.5 Å². The molecule has 1 aromatic carbocycles. The zero-order chi connectivity index (χ0) is 18.0. The molecule has 2 heterocycles. The number of thioether (sulfide) groups is 1. The smallest absolute Gasteiger partial charge is 0.414 e. The molecule has 1 aliphatic rings. The summed E-state index contributed by atoms with van der Waals surface area (Å²) in [5.41, 5.74) is 3.54. The molecule has 6 nitrogen and oxygen atoms in total. The Morgan fingerprint density at radius 2 is 2.24 bits per heavy atom. The summed E-state index contributed by atoms with van der Waals surface area (Å²) >= 11 is 1.54. The number of carboxylic acids is 1. The molecule has 0 atom stereocenters. The molecule has 0 unspecified atom stereocenters. The van der Waals surface area contributed by atoms with Crippen LogP contribution in [0.15, 0.2) is 23.1 Å². The summed E-state index contributed by atoms with van der Waals surface area (Å²) in [5, 5.41) is 9.87. The van der Waals surface area contributed by atoms with Gasteiger partial charge in [-0.05, 0) is 25.0 Å². The van der Waals surface area contributed by atoms with Gasteiger partial charge in [0.05, 0.1) is 24.2 Å². The molecular formula is C18H20N2O4S. The van der Waals surface area contributed by atoms with E-state index in [1.54, 1.807) is 16.7 Å². The summed E-state index contributed by atoms with van der Waals surface area (Å²) in [7, 11) is 0. The van der Waals surface area contributed by atoms with Gasteiger partial charge in [-0.25, -0.2) is 4.79 Å². The third-order valence-corrected chi connectivity index (χ3v) is 5.38. The van der Waals surface area contributed by atoms with Crippen molar-refractivity contribution in [2.75, 3.05) is 23.8 Å². The van der Waals surface area contributed by atoms with E-state index in [1.165, 1.54) is 0 Å². The van der Waals surface area contributed by atoms with Crippen molar-refractivity contribution in [3.8, 4) is 0 Å². The number of rotatable bonds is 6. The zero-order valence-electron chi connectivity index (χ0n) is 14.2. The van der Waals surface area contributed by atoms with Crippen LogP contribution in [0.2, 0.25) is 0 Å². The maximum absolute atomic E-state index is 12.0. The van der Waals surface area contributed by atoms with Crippen LogP contribution in [0.5, 0.6) is 0 Å². The first-order valence-corrected chi connectivity index (χ1v) is 9.22. The van der Waals surface area contributed by atoms with Gasteiger partial charge in [0, 0.05) is 21.7 Å². The molecule has 0 saturated carbocycles. The summed E-state index contributed by atoms with van der Waals surface area (Å²) in [4.78, 5) is 30.2. The largest absolute Gasteiger partial charge is 0.481 e. The quantitative estimate of drug-likeness (QED) is 0.793. The Kier molecular flexibility index (Phi) is 5.13. The van der Waals surface area contributed by atoms with Gasteiger partial charge in [-0.3, -0.25) is 14.7 Å². The van der Waals surface area contributed by atoms with Crippen molar-refractivity contribution in [1.29, 1.82) is 0 Å². The number of aryl methyl sites for hydroxylation is 1. The first-order chi connectivity index (χ1) is 12.0. The minimum atomic E-state index is -0.805. The molecule has 7 heteroatoms. The second kappa shape index (κ2) is 7.31. The van der Waals surface area contributed by atoms with E-state index in [0.29, 0.717) is 18.9 Å². The molecule has 25 heavy (non-hydrogen) atoms. The summed E-state index contributed by atoms with van der Waals surface area (Å²) in [5.74, 6) is -0.308. The van der Waals surface area contributed by atoms with Gasteiger partial charge < -0.3 is 9.84 Å². The Bertz CT molecular complexity index is 837. The number of hydrogen-bond donors (Lipinski definition) is 1. The van der Waals surface area contributed by atoms with Crippen LogP contribution in [0.25, 0.3) is 10.9 Å². The lowest BCUT2D eigenvalue weighted by molar-refractivity contribution is -0.136. The number of benzene rings is 1. The summed E-state index contributed by atoms with van der Waals surface area (Å²) in [6.45, 7) is 4.91. The molecule has 1 N–H and O–H groups in total. The third kappa shape index (κ3) is 3.42. The molecule has 3 rings (SSSR count). The zero-order valence-corrected chi connectivity index (χ0v) is 15.1. The third-order valence-electron chi connectivity index (χ3n) is 4.22. The Labute approximate surface area is 150 Å². The van der Waals surface area contributed by atoms with Crippen molar-refractivity contribution in [2.45, 2.75) is 31.6 Å². The second-order valence-corrected chi connectivity index (χ2v) is 6.90. The van der Waals surface area contributed by atoms with Gasteiger partial charge in [0.15, 0.2) is 0 Å². The number of ether oxygens (including phenoxy) is 1. The molecule has 0 aliphatic carbocycles. The highest BCUT2D eigenvalue weighted by molar-refractivity contribution is 7.99. The van der Waals surface area contributed by atoms with Crippen molar-refractivity contribution < 1.29 is 19.4 Å². The van der Waals surface area contributed by atoms with Crippen LogP contribution >= 0.6 is 11.8 Å². The number of aromatic nitrogens is 1. The van der Waals surface area contributed by atoms with Crippen molar-refractivity contribution >= 4 is 40.4 Å². The number of cyclic esters (lactones) is 1. The second-order valence-electron chi connectivity index (χ2n) is 5.79. The van der Waals surface area contributed by atoms with Crippen LogP contribution in [-0.4, -0.2) is 41.1 Å². The number of carbonyl (C=O) groups is 2. The van der Waals surface area contributed by atoms with E-state index in [1.807, 2.05) is 25.1 Å². The van der Waals surface area contributed by atoms with E-state index < -0.39 is 5.97 Å². The van der Waals surface area contributed by atoms with Crippen molar-refractivity contribution in [1.82, 2.24) is 4.98 Å². The standard InChI is InChI=1S/C18H20N2O4S/c1-3-12-11(2)19-16-13(17(12)25-10-7-15(21)22)5-4-6-14(16)20-8-9-24-18(20)23/h4-6H,3,7-10H2,1-2H3,(H,21,22).